The molecule has 0 aliphatic rings. The Labute approximate surface area is 114 Å². The monoisotopic (exact) mass is 269 g/mol. The molecule has 0 aliphatic heterocycles. The van der Waals surface area contributed by atoms with Crippen LogP contribution in [0.25, 0.3) is 11.2 Å². The second kappa shape index (κ2) is 5.24. The predicted octanol–water partition coefficient (Wildman–Crippen LogP) is 2.93. The molecule has 1 N–H and O–H groups in total. The van der Waals surface area contributed by atoms with Gasteiger partial charge in [0.1, 0.15) is 0 Å². The summed E-state index contributed by atoms with van der Waals surface area (Å²) in [5, 5.41) is 0.720. The van der Waals surface area contributed by atoms with E-state index in [9.17, 15) is 4.79 Å². The maximum atomic E-state index is 12.0. The van der Waals surface area contributed by atoms with Crippen molar-refractivity contribution in [2.45, 2.75) is 5.16 Å². The number of thioether (sulfide) groups is 1. The second-order valence-electron chi connectivity index (χ2n) is 3.99. The zero-order chi connectivity index (χ0) is 13.1. The van der Waals surface area contributed by atoms with Crippen molar-refractivity contribution in [1.82, 2.24) is 15.0 Å². The molecule has 0 fully saturated rings. The molecule has 2 aromatic heterocycles. The van der Waals surface area contributed by atoms with Crippen LogP contribution in [0.2, 0.25) is 0 Å². The van der Waals surface area contributed by atoms with Crippen molar-refractivity contribution in [3.8, 4) is 0 Å². The first-order valence-corrected chi connectivity index (χ1v) is 6.83. The lowest BCUT2D eigenvalue weighted by atomic mass is 10.2. The lowest BCUT2D eigenvalue weighted by molar-refractivity contribution is 0.102. The molecule has 0 aliphatic carbocycles. The van der Waals surface area contributed by atoms with Crippen molar-refractivity contribution in [1.29, 1.82) is 0 Å². The normalized spacial score (nSPS) is 10.7. The number of carbonyl (C=O) groups excluding carboxylic acids is 1. The van der Waals surface area contributed by atoms with Gasteiger partial charge < -0.3 is 4.98 Å². The van der Waals surface area contributed by atoms with Gasteiger partial charge in [-0.3, -0.25) is 4.79 Å². The smallest absolute Gasteiger partial charge is 0.178 e. The molecule has 0 bridgehead atoms. The molecule has 0 saturated carbocycles. The van der Waals surface area contributed by atoms with E-state index in [1.54, 1.807) is 6.20 Å². The van der Waals surface area contributed by atoms with E-state index in [0.29, 0.717) is 11.4 Å². The summed E-state index contributed by atoms with van der Waals surface area (Å²) in [5.41, 5.74) is 2.29. The summed E-state index contributed by atoms with van der Waals surface area (Å²) in [6.07, 6.45) is 1.70. The fourth-order valence-corrected chi connectivity index (χ4v) is 2.50. The number of carbonyl (C=O) groups is 1. The number of Topliss-reactive ketones (excluding diaryl/α,β-unsaturated/α-hetero) is 1. The Kier molecular flexibility index (Phi) is 3.29. The van der Waals surface area contributed by atoms with Gasteiger partial charge in [-0.1, -0.05) is 42.1 Å². The molecule has 0 spiro atoms. The summed E-state index contributed by atoms with van der Waals surface area (Å²) in [5.74, 6) is 0.461. The van der Waals surface area contributed by atoms with Gasteiger partial charge in [0.15, 0.2) is 16.6 Å². The quantitative estimate of drug-likeness (QED) is 0.584. The molecule has 19 heavy (non-hydrogen) atoms. The Morgan fingerprint density at radius 2 is 2.00 bits per heavy atom. The van der Waals surface area contributed by atoms with Crippen LogP contribution in [0.15, 0.2) is 53.8 Å². The first kappa shape index (κ1) is 11.9. The van der Waals surface area contributed by atoms with E-state index >= 15 is 0 Å². The summed E-state index contributed by atoms with van der Waals surface area (Å²) in [6.45, 7) is 0. The number of aromatic nitrogens is 3. The summed E-state index contributed by atoms with van der Waals surface area (Å²) in [4.78, 5) is 23.6. The predicted molar refractivity (Wildman–Crippen MR) is 75.4 cm³/mol. The lowest BCUT2D eigenvalue weighted by Gasteiger charge is -1.98. The Balaban J connectivity index is 1.71. The third kappa shape index (κ3) is 2.66. The molecule has 5 heteroatoms. The number of benzene rings is 1. The van der Waals surface area contributed by atoms with E-state index in [2.05, 4.69) is 15.0 Å². The fourth-order valence-electron chi connectivity index (χ4n) is 1.73. The van der Waals surface area contributed by atoms with Crippen molar-refractivity contribution >= 4 is 28.7 Å². The molecule has 3 rings (SSSR count). The Morgan fingerprint density at radius 1 is 1.16 bits per heavy atom. The molecule has 2 heterocycles. The summed E-state index contributed by atoms with van der Waals surface area (Å²) < 4.78 is 0. The van der Waals surface area contributed by atoms with Gasteiger partial charge in [0, 0.05) is 11.8 Å². The molecular weight excluding hydrogens is 258 g/mol. The number of H-pyrrole nitrogens is 1. The highest BCUT2D eigenvalue weighted by molar-refractivity contribution is 7.99. The number of rotatable bonds is 4. The largest absolute Gasteiger partial charge is 0.332 e. The third-order valence-electron chi connectivity index (χ3n) is 2.67. The van der Waals surface area contributed by atoms with Crippen molar-refractivity contribution < 1.29 is 4.79 Å². The van der Waals surface area contributed by atoms with Crippen LogP contribution in [0, 0.1) is 0 Å². The molecule has 0 atom stereocenters. The fraction of sp³-hybridized carbons (Fsp3) is 0.0714. The van der Waals surface area contributed by atoms with Crippen LogP contribution in [0.4, 0.5) is 0 Å². The minimum absolute atomic E-state index is 0.0963. The van der Waals surface area contributed by atoms with E-state index in [1.807, 2.05) is 42.5 Å². The Hall–Kier alpha value is -2.14. The van der Waals surface area contributed by atoms with Crippen molar-refractivity contribution in [2.24, 2.45) is 0 Å². The zero-order valence-electron chi connectivity index (χ0n) is 10.0. The standard InChI is InChI=1S/C14H11N3OS/c18-12(10-5-2-1-3-6-10)9-19-14-16-11-7-4-8-15-13(11)17-14/h1-8H,9H2,(H,15,16,17). The van der Waals surface area contributed by atoms with Gasteiger partial charge >= 0.3 is 0 Å². The van der Waals surface area contributed by atoms with E-state index in [4.69, 9.17) is 0 Å². The van der Waals surface area contributed by atoms with Crippen LogP contribution in [0.5, 0.6) is 0 Å². The van der Waals surface area contributed by atoms with Gasteiger partial charge in [-0.25, -0.2) is 9.97 Å². The average molecular weight is 269 g/mol. The summed E-state index contributed by atoms with van der Waals surface area (Å²) in [7, 11) is 0. The number of hydrogen-bond acceptors (Lipinski definition) is 4. The van der Waals surface area contributed by atoms with Gasteiger partial charge in [0.25, 0.3) is 0 Å². The van der Waals surface area contributed by atoms with Gasteiger partial charge in [0.2, 0.25) is 0 Å². The first-order chi connectivity index (χ1) is 9.33. The number of fused-ring (bicyclic) bond motifs is 1. The molecule has 0 saturated heterocycles. The van der Waals surface area contributed by atoms with Crippen molar-refractivity contribution in [3.05, 3.63) is 54.2 Å². The number of imidazole rings is 1. The summed E-state index contributed by atoms with van der Waals surface area (Å²) >= 11 is 1.39. The number of ketones is 1. The van der Waals surface area contributed by atoms with Gasteiger partial charge in [-0.2, -0.15) is 0 Å². The maximum Gasteiger partial charge on any atom is 0.178 e. The molecule has 0 unspecified atom stereocenters. The second-order valence-corrected chi connectivity index (χ2v) is 4.96. The Bertz CT molecular complexity index is 676. The molecule has 94 valence electrons. The number of nitrogens with one attached hydrogen (secondary N) is 1. The molecular formula is C14H11N3OS. The van der Waals surface area contributed by atoms with E-state index < -0.39 is 0 Å². The number of aromatic amines is 1. The van der Waals surface area contributed by atoms with Gasteiger partial charge in [0.05, 0.1) is 11.3 Å². The lowest BCUT2D eigenvalue weighted by Crippen LogP contribution is -2.01. The van der Waals surface area contributed by atoms with E-state index in [-0.39, 0.29) is 5.78 Å². The van der Waals surface area contributed by atoms with Crippen molar-refractivity contribution in [3.63, 3.8) is 0 Å². The molecule has 0 radical (unpaired) electrons. The van der Waals surface area contributed by atoms with E-state index in [0.717, 1.165) is 16.2 Å². The van der Waals surface area contributed by atoms with Crippen molar-refractivity contribution in [2.75, 3.05) is 5.75 Å². The maximum absolute atomic E-state index is 12.0. The van der Waals surface area contributed by atoms with Crippen LogP contribution in [-0.4, -0.2) is 26.5 Å². The third-order valence-corrected chi connectivity index (χ3v) is 3.54. The number of nitrogens with zero attached hydrogens (tertiary/aromatic N) is 2. The first-order valence-electron chi connectivity index (χ1n) is 5.85. The highest BCUT2D eigenvalue weighted by Crippen LogP contribution is 2.18. The highest BCUT2D eigenvalue weighted by atomic mass is 32.2. The van der Waals surface area contributed by atoms with Crippen LogP contribution < -0.4 is 0 Å². The Morgan fingerprint density at radius 3 is 2.79 bits per heavy atom. The van der Waals surface area contributed by atoms with Crippen LogP contribution in [-0.2, 0) is 0 Å². The molecule has 3 aromatic rings. The number of pyridine rings is 1. The van der Waals surface area contributed by atoms with Crippen LogP contribution >= 0.6 is 11.8 Å². The topological polar surface area (TPSA) is 58.6 Å². The average Bonchev–Trinajstić information content (AvgIpc) is 2.88. The van der Waals surface area contributed by atoms with Gasteiger partial charge in [-0.15, -0.1) is 0 Å². The molecule has 0 amide bonds. The van der Waals surface area contributed by atoms with Crippen LogP contribution in [0.3, 0.4) is 0 Å². The SMILES string of the molecule is O=C(CSc1nc2ncccc2[nH]1)c1ccccc1. The van der Waals surface area contributed by atoms with Gasteiger partial charge in [-0.05, 0) is 12.1 Å². The highest BCUT2D eigenvalue weighted by Gasteiger charge is 2.08. The summed E-state index contributed by atoms with van der Waals surface area (Å²) in [6, 6.07) is 13.0. The minimum Gasteiger partial charge on any atom is -0.332 e. The van der Waals surface area contributed by atoms with E-state index in [1.165, 1.54) is 11.8 Å². The molecule has 1 aromatic carbocycles. The van der Waals surface area contributed by atoms with Crippen LogP contribution in [0.1, 0.15) is 10.4 Å². The minimum atomic E-state index is 0.0963. The zero-order valence-corrected chi connectivity index (χ0v) is 10.9. The number of hydrogen-bond donors (Lipinski definition) is 1. The molecule has 4 nitrogen and oxygen atoms in total.